The lowest BCUT2D eigenvalue weighted by atomic mass is 10.1. The Morgan fingerprint density at radius 3 is 2.48 bits per heavy atom. The van der Waals surface area contributed by atoms with Crippen LogP contribution in [-0.2, 0) is 20.7 Å². The van der Waals surface area contributed by atoms with E-state index < -0.39 is 12.1 Å². The molecule has 0 aliphatic rings. The van der Waals surface area contributed by atoms with Gasteiger partial charge in [0.25, 0.3) is 0 Å². The largest absolute Gasteiger partial charge is 0.482 e. The Kier molecular flexibility index (Phi) is 7.25. The quantitative estimate of drug-likeness (QED) is 0.716. The van der Waals surface area contributed by atoms with Gasteiger partial charge in [-0.2, -0.15) is 0 Å². The predicted molar refractivity (Wildman–Crippen MR) is 77.4 cm³/mol. The Bertz CT molecular complexity index is 454. The number of hydrogen-bond donors (Lipinski definition) is 2. The Labute approximate surface area is 124 Å². The fraction of sp³-hybridized carbons (Fsp3) is 0.467. The van der Waals surface area contributed by atoms with Gasteiger partial charge >= 0.3 is 5.97 Å². The smallest absolute Gasteiger partial charge is 0.341 e. The monoisotopic (exact) mass is 295 g/mol. The zero-order chi connectivity index (χ0) is 15.7. The number of benzene rings is 1. The predicted octanol–water partition coefficient (Wildman–Crippen LogP) is 1.23. The molecule has 116 valence electrons. The summed E-state index contributed by atoms with van der Waals surface area (Å²) in [5.41, 5.74) is 1.03. The summed E-state index contributed by atoms with van der Waals surface area (Å²) in [6.07, 6.45) is 0.917. The van der Waals surface area contributed by atoms with Crippen LogP contribution in [0.5, 0.6) is 5.75 Å². The van der Waals surface area contributed by atoms with E-state index in [0.717, 1.165) is 5.56 Å². The highest BCUT2D eigenvalue weighted by Crippen LogP contribution is 2.12. The highest BCUT2D eigenvalue weighted by molar-refractivity contribution is 5.80. The summed E-state index contributed by atoms with van der Waals surface area (Å²) in [5.74, 6) is -0.609. The molecular weight excluding hydrogens is 274 g/mol. The molecule has 1 amide bonds. The van der Waals surface area contributed by atoms with Crippen molar-refractivity contribution >= 4 is 11.9 Å². The maximum absolute atomic E-state index is 11.7. The van der Waals surface area contributed by atoms with Crippen molar-refractivity contribution in [3.63, 3.8) is 0 Å². The summed E-state index contributed by atoms with van der Waals surface area (Å²) in [5, 5.41) is 11.3. The number of nitrogens with one attached hydrogen (secondary N) is 1. The number of ether oxygens (including phenoxy) is 2. The number of carboxylic acid groups (broad SMARTS) is 1. The molecule has 1 rings (SSSR count). The first-order valence-electron chi connectivity index (χ1n) is 6.80. The van der Waals surface area contributed by atoms with Crippen LogP contribution in [0.25, 0.3) is 0 Å². The van der Waals surface area contributed by atoms with E-state index in [4.69, 9.17) is 14.6 Å². The number of carboxylic acids is 1. The molecule has 0 bridgehead atoms. The molecule has 0 heterocycles. The van der Waals surface area contributed by atoms with Crippen molar-refractivity contribution in [2.75, 3.05) is 20.3 Å². The molecule has 1 aromatic rings. The number of carbonyl (C=O) groups excluding carboxylic acids is 1. The van der Waals surface area contributed by atoms with Crippen LogP contribution in [0, 0.1) is 0 Å². The molecule has 6 heteroatoms. The standard InChI is InChI=1S/C15H21NO5/c1-3-13(20-2)15(19)16-9-8-11-4-6-12(7-5-11)21-10-14(17)18/h4-7,13H,3,8-10H2,1-2H3,(H,16,19)(H,17,18). The van der Waals surface area contributed by atoms with Crippen LogP contribution in [0.1, 0.15) is 18.9 Å². The Morgan fingerprint density at radius 1 is 1.29 bits per heavy atom. The minimum Gasteiger partial charge on any atom is -0.482 e. The molecule has 0 aliphatic heterocycles. The van der Waals surface area contributed by atoms with E-state index >= 15 is 0 Å². The summed E-state index contributed by atoms with van der Waals surface area (Å²) in [4.78, 5) is 22.1. The van der Waals surface area contributed by atoms with Gasteiger partial charge in [0.2, 0.25) is 5.91 Å². The van der Waals surface area contributed by atoms with Gasteiger partial charge in [-0.25, -0.2) is 4.79 Å². The summed E-state index contributed by atoms with van der Waals surface area (Å²) in [6.45, 7) is 2.06. The molecule has 0 radical (unpaired) electrons. The molecule has 0 saturated heterocycles. The van der Waals surface area contributed by atoms with E-state index in [9.17, 15) is 9.59 Å². The van der Waals surface area contributed by atoms with Gasteiger partial charge in [-0.05, 0) is 30.5 Å². The number of carbonyl (C=O) groups is 2. The number of rotatable bonds is 9. The Morgan fingerprint density at radius 2 is 1.95 bits per heavy atom. The van der Waals surface area contributed by atoms with E-state index in [1.807, 2.05) is 19.1 Å². The first kappa shape index (κ1) is 17.0. The van der Waals surface area contributed by atoms with Crippen LogP contribution in [-0.4, -0.2) is 43.3 Å². The van der Waals surface area contributed by atoms with Crippen LogP contribution in [0.4, 0.5) is 0 Å². The SMILES string of the molecule is CCC(OC)C(=O)NCCc1ccc(OCC(=O)O)cc1. The highest BCUT2D eigenvalue weighted by atomic mass is 16.5. The first-order chi connectivity index (χ1) is 10.1. The van der Waals surface area contributed by atoms with Gasteiger partial charge in [0.05, 0.1) is 0 Å². The number of amides is 1. The molecule has 1 unspecified atom stereocenters. The summed E-state index contributed by atoms with van der Waals surface area (Å²) in [7, 11) is 1.52. The molecule has 1 aromatic carbocycles. The maximum atomic E-state index is 11.7. The average Bonchev–Trinajstić information content (AvgIpc) is 2.47. The average molecular weight is 295 g/mol. The van der Waals surface area contributed by atoms with E-state index in [-0.39, 0.29) is 12.5 Å². The third kappa shape index (κ3) is 6.27. The molecular formula is C15H21NO5. The van der Waals surface area contributed by atoms with E-state index in [1.54, 1.807) is 12.1 Å². The molecule has 0 aliphatic carbocycles. The molecule has 0 aromatic heterocycles. The molecule has 0 fully saturated rings. The van der Waals surface area contributed by atoms with Gasteiger partial charge in [0.1, 0.15) is 11.9 Å². The van der Waals surface area contributed by atoms with Gasteiger partial charge in [-0.15, -0.1) is 0 Å². The van der Waals surface area contributed by atoms with Crippen molar-refractivity contribution in [1.29, 1.82) is 0 Å². The van der Waals surface area contributed by atoms with Crippen molar-refractivity contribution in [3.05, 3.63) is 29.8 Å². The van der Waals surface area contributed by atoms with Crippen LogP contribution in [0.2, 0.25) is 0 Å². The zero-order valence-electron chi connectivity index (χ0n) is 12.3. The fourth-order valence-electron chi connectivity index (χ4n) is 1.80. The van der Waals surface area contributed by atoms with Gasteiger partial charge in [0, 0.05) is 13.7 Å². The Balaban J connectivity index is 2.36. The van der Waals surface area contributed by atoms with Crippen LogP contribution in [0.3, 0.4) is 0 Å². The van der Waals surface area contributed by atoms with Gasteiger partial charge < -0.3 is 19.9 Å². The zero-order valence-corrected chi connectivity index (χ0v) is 12.3. The van der Waals surface area contributed by atoms with E-state index in [2.05, 4.69) is 5.32 Å². The molecule has 21 heavy (non-hydrogen) atoms. The number of aliphatic carboxylic acids is 1. The lowest BCUT2D eigenvalue weighted by molar-refractivity contribution is -0.139. The van der Waals surface area contributed by atoms with Gasteiger partial charge in [-0.3, -0.25) is 4.79 Å². The summed E-state index contributed by atoms with van der Waals surface area (Å²) < 4.78 is 10.1. The van der Waals surface area contributed by atoms with Crippen LogP contribution >= 0.6 is 0 Å². The minimum atomic E-state index is -1.01. The van der Waals surface area contributed by atoms with Crippen LogP contribution < -0.4 is 10.1 Å². The summed E-state index contributed by atoms with van der Waals surface area (Å²) in [6, 6.07) is 7.11. The number of hydrogen-bond acceptors (Lipinski definition) is 4. The van der Waals surface area contributed by atoms with E-state index in [0.29, 0.717) is 25.1 Å². The van der Waals surface area contributed by atoms with Gasteiger partial charge in [0.15, 0.2) is 6.61 Å². The van der Waals surface area contributed by atoms with Crippen LogP contribution in [0.15, 0.2) is 24.3 Å². The molecule has 2 N–H and O–H groups in total. The lowest BCUT2D eigenvalue weighted by Gasteiger charge is -2.13. The van der Waals surface area contributed by atoms with Crippen molar-refractivity contribution in [3.8, 4) is 5.75 Å². The van der Waals surface area contributed by atoms with Gasteiger partial charge in [-0.1, -0.05) is 19.1 Å². The molecule has 0 spiro atoms. The lowest BCUT2D eigenvalue weighted by Crippen LogP contribution is -2.36. The topological polar surface area (TPSA) is 84.9 Å². The fourth-order valence-corrected chi connectivity index (χ4v) is 1.80. The van der Waals surface area contributed by atoms with E-state index in [1.165, 1.54) is 7.11 Å². The molecule has 0 saturated carbocycles. The third-order valence-corrected chi connectivity index (χ3v) is 2.95. The second-order valence-corrected chi connectivity index (χ2v) is 4.50. The molecule has 6 nitrogen and oxygen atoms in total. The Hall–Kier alpha value is -2.08. The minimum absolute atomic E-state index is 0.110. The highest BCUT2D eigenvalue weighted by Gasteiger charge is 2.14. The third-order valence-electron chi connectivity index (χ3n) is 2.95. The maximum Gasteiger partial charge on any atom is 0.341 e. The van der Waals surface area contributed by atoms with Crippen molar-refractivity contribution < 1.29 is 24.2 Å². The second-order valence-electron chi connectivity index (χ2n) is 4.50. The second kappa shape index (κ2) is 8.97. The van der Waals surface area contributed by atoms with Crippen molar-refractivity contribution in [2.45, 2.75) is 25.9 Å². The van der Waals surface area contributed by atoms with Crippen molar-refractivity contribution in [1.82, 2.24) is 5.32 Å². The summed E-state index contributed by atoms with van der Waals surface area (Å²) >= 11 is 0. The molecule has 1 atom stereocenters. The normalized spacial score (nSPS) is 11.7. The number of methoxy groups -OCH3 is 1. The first-order valence-corrected chi connectivity index (χ1v) is 6.80. The van der Waals surface area contributed by atoms with Crippen molar-refractivity contribution in [2.24, 2.45) is 0 Å².